The van der Waals surface area contributed by atoms with E-state index in [1.807, 2.05) is 12.1 Å². The molecule has 0 unspecified atom stereocenters. The SMILES string of the molecule is O=C(CCc1cc(=O)c(=O)[nH][nH]1)NCc1ccc(N2CCOCC2)cc1. The van der Waals surface area contributed by atoms with Crippen LogP contribution in [0.3, 0.4) is 0 Å². The molecule has 0 spiro atoms. The maximum atomic E-state index is 12.0. The van der Waals surface area contributed by atoms with Crippen molar-refractivity contribution in [3.8, 4) is 0 Å². The normalized spacial score (nSPS) is 14.2. The fraction of sp³-hybridized carbons (Fsp3) is 0.389. The minimum absolute atomic E-state index is 0.116. The average Bonchev–Trinajstić information content (AvgIpc) is 2.68. The Morgan fingerprint density at radius 3 is 2.54 bits per heavy atom. The van der Waals surface area contributed by atoms with Gasteiger partial charge >= 0.3 is 5.56 Å². The Bertz CT molecular complexity index is 850. The number of aromatic nitrogens is 2. The molecular weight excluding hydrogens is 336 g/mol. The third kappa shape index (κ3) is 4.82. The molecule has 3 N–H and O–H groups in total. The lowest BCUT2D eigenvalue weighted by Crippen LogP contribution is -2.36. The van der Waals surface area contributed by atoms with E-state index in [4.69, 9.17) is 4.74 Å². The van der Waals surface area contributed by atoms with E-state index in [2.05, 4.69) is 32.5 Å². The molecular formula is C18H22N4O4. The number of aryl methyl sites for hydroxylation is 1. The summed E-state index contributed by atoms with van der Waals surface area (Å²) in [5.41, 5.74) is 1.40. The van der Waals surface area contributed by atoms with E-state index in [1.165, 1.54) is 6.07 Å². The Hall–Kier alpha value is -2.87. The predicted molar refractivity (Wildman–Crippen MR) is 97.3 cm³/mol. The van der Waals surface area contributed by atoms with E-state index in [9.17, 15) is 14.4 Å². The van der Waals surface area contributed by atoms with Crippen molar-refractivity contribution in [1.82, 2.24) is 15.5 Å². The van der Waals surface area contributed by atoms with Gasteiger partial charge < -0.3 is 20.1 Å². The number of carbonyl (C=O) groups excluding carboxylic acids is 1. The maximum absolute atomic E-state index is 12.0. The highest BCUT2D eigenvalue weighted by molar-refractivity contribution is 5.76. The number of hydrogen-bond donors (Lipinski definition) is 3. The van der Waals surface area contributed by atoms with Gasteiger partial charge in [-0.15, -0.1) is 0 Å². The molecule has 1 fully saturated rings. The van der Waals surface area contributed by atoms with Gasteiger partial charge in [-0.05, 0) is 24.1 Å². The van der Waals surface area contributed by atoms with E-state index in [-0.39, 0.29) is 12.3 Å². The van der Waals surface area contributed by atoms with Crippen molar-refractivity contribution < 1.29 is 9.53 Å². The molecule has 8 heteroatoms. The van der Waals surface area contributed by atoms with E-state index < -0.39 is 11.0 Å². The number of nitrogens with zero attached hydrogens (tertiary/aromatic N) is 1. The first kappa shape index (κ1) is 17.9. The molecule has 0 saturated carbocycles. The second-order valence-corrected chi connectivity index (χ2v) is 6.16. The number of aromatic amines is 2. The molecule has 1 aromatic carbocycles. The van der Waals surface area contributed by atoms with Crippen LogP contribution >= 0.6 is 0 Å². The van der Waals surface area contributed by atoms with Crippen molar-refractivity contribution in [3.05, 3.63) is 62.2 Å². The van der Waals surface area contributed by atoms with E-state index in [1.54, 1.807) is 0 Å². The lowest BCUT2D eigenvalue weighted by Gasteiger charge is -2.28. The molecule has 2 heterocycles. The number of hydrogen-bond acceptors (Lipinski definition) is 5. The second kappa shape index (κ2) is 8.48. The van der Waals surface area contributed by atoms with Gasteiger partial charge in [0.25, 0.3) is 0 Å². The molecule has 1 aliphatic rings. The molecule has 1 amide bonds. The zero-order valence-corrected chi connectivity index (χ0v) is 14.4. The van der Waals surface area contributed by atoms with Gasteiger partial charge in [0, 0.05) is 43.5 Å². The van der Waals surface area contributed by atoms with Gasteiger partial charge in [-0.3, -0.25) is 19.5 Å². The molecule has 0 bridgehead atoms. The van der Waals surface area contributed by atoms with Crippen molar-refractivity contribution in [2.24, 2.45) is 0 Å². The van der Waals surface area contributed by atoms with Crippen LogP contribution in [0, 0.1) is 0 Å². The van der Waals surface area contributed by atoms with Gasteiger partial charge in [0.2, 0.25) is 11.3 Å². The highest BCUT2D eigenvalue weighted by Crippen LogP contribution is 2.16. The number of ether oxygens (including phenoxy) is 1. The van der Waals surface area contributed by atoms with Crippen molar-refractivity contribution in [2.75, 3.05) is 31.2 Å². The quantitative estimate of drug-likeness (QED) is 0.637. The number of nitrogens with one attached hydrogen (secondary N) is 3. The fourth-order valence-electron chi connectivity index (χ4n) is 2.78. The molecule has 0 atom stereocenters. The standard InChI is InChI=1S/C18H22N4O4/c23-16-11-14(20-21-18(16)25)3-6-17(24)19-12-13-1-4-15(5-2-13)22-7-9-26-10-8-22/h1-2,4-5,11H,3,6-10,12H2,(H,19,24)(H,20,23)(H,21,25). The number of morpholine rings is 1. The monoisotopic (exact) mass is 358 g/mol. The van der Waals surface area contributed by atoms with Gasteiger partial charge in [-0.2, -0.15) is 0 Å². The van der Waals surface area contributed by atoms with Crippen LogP contribution < -0.4 is 21.2 Å². The van der Waals surface area contributed by atoms with Crippen molar-refractivity contribution in [1.29, 1.82) is 0 Å². The van der Waals surface area contributed by atoms with Crippen LogP contribution in [0.15, 0.2) is 39.9 Å². The Labute approximate surface area is 150 Å². The molecule has 138 valence electrons. The van der Waals surface area contributed by atoms with E-state index >= 15 is 0 Å². The lowest BCUT2D eigenvalue weighted by molar-refractivity contribution is -0.121. The summed E-state index contributed by atoms with van der Waals surface area (Å²) in [6.07, 6.45) is 0.585. The van der Waals surface area contributed by atoms with Crippen LogP contribution in [-0.4, -0.2) is 42.4 Å². The summed E-state index contributed by atoms with van der Waals surface area (Å²) in [7, 11) is 0. The average molecular weight is 358 g/mol. The highest BCUT2D eigenvalue weighted by atomic mass is 16.5. The molecule has 8 nitrogen and oxygen atoms in total. The zero-order valence-electron chi connectivity index (χ0n) is 14.4. The van der Waals surface area contributed by atoms with Crippen LogP contribution in [0.5, 0.6) is 0 Å². The number of rotatable bonds is 6. The topological polar surface area (TPSA) is 107 Å². The molecule has 26 heavy (non-hydrogen) atoms. The largest absolute Gasteiger partial charge is 0.378 e. The van der Waals surface area contributed by atoms with Gasteiger partial charge in [-0.1, -0.05) is 12.1 Å². The van der Waals surface area contributed by atoms with Crippen molar-refractivity contribution in [3.63, 3.8) is 0 Å². The molecule has 2 aromatic rings. The number of amides is 1. The highest BCUT2D eigenvalue weighted by Gasteiger charge is 2.11. The minimum Gasteiger partial charge on any atom is -0.378 e. The summed E-state index contributed by atoms with van der Waals surface area (Å²) in [6, 6.07) is 9.33. The van der Waals surface area contributed by atoms with Crippen LogP contribution in [0.25, 0.3) is 0 Å². The first-order valence-corrected chi connectivity index (χ1v) is 8.61. The Morgan fingerprint density at radius 2 is 1.85 bits per heavy atom. The van der Waals surface area contributed by atoms with Crippen LogP contribution in [0.1, 0.15) is 17.7 Å². The molecule has 1 aliphatic heterocycles. The first-order chi connectivity index (χ1) is 12.6. The molecule has 1 aromatic heterocycles. The Morgan fingerprint density at radius 1 is 1.12 bits per heavy atom. The van der Waals surface area contributed by atoms with Gasteiger partial charge in [-0.25, -0.2) is 0 Å². The first-order valence-electron chi connectivity index (χ1n) is 8.61. The Balaban J connectivity index is 1.45. The third-order valence-electron chi connectivity index (χ3n) is 4.29. The maximum Gasteiger partial charge on any atom is 0.310 e. The summed E-state index contributed by atoms with van der Waals surface area (Å²) >= 11 is 0. The fourth-order valence-corrected chi connectivity index (χ4v) is 2.78. The summed E-state index contributed by atoms with van der Waals surface area (Å²) in [5, 5.41) is 7.72. The molecule has 1 saturated heterocycles. The second-order valence-electron chi connectivity index (χ2n) is 6.16. The number of H-pyrrole nitrogens is 2. The van der Waals surface area contributed by atoms with Crippen LogP contribution in [0.2, 0.25) is 0 Å². The summed E-state index contributed by atoms with van der Waals surface area (Å²) in [6.45, 7) is 3.73. The molecule has 0 aliphatic carbocycles. The van der Waals surface area contributed by atoms with Gasteiger partial charge in [0.1, 0.15) is 0 Å². The third-order valence-corrected chi connectivity index (χ3v) is 4.29. The van der Waals surface area contributed by atoms with Crippen molar-refractivity contribution in [2.45, 2.75) is 19.4 Å². The molecule has 0 radical (unpaired) electrons. The summed E-state index contributed by atoms with van der Waals surface area (Å²) in [4.78, 5) is 36.5. The van der Waals surface area contributed by atoms with Gasteiger partial charge in [0.05, 0.1) is 13.2 Å². The van der Waals surface area contributed by atoms with Crippen molar-refractivity contribution >= 4 is 11.6 Å². The summed E-state index contributed by atoms with van der Waals surface area (Å²) < 4.78 is 5.35. The van der Waals surface area contributed by atoms with E-state index in [0.29, 0.717) is 18.7 Å². The summed E-state index contributed by atoms with van der Waals surface area (Å²) in [5.74, 6) is -0.116. The number of carbonyl (C=O) groups is 1. The van der Waals surface area contributed by atoms with Gasteiger partial charge in [0.15, 0.2) is 0 Å². The van der Waals surface area contributed by atoms with E-state index in [0.717, 1.165) is 37.6 Å². The number of benzene rings is 1. The molecule has 3 rings (SSSR count). The Kier molecular flexibility index (Phi) is 5.85. The lowest BCUT2D eigenvalue weighted by atomic mass is 10.1. The van der Waals surface area contributed by atoms with Crippen LogP contribution in [0.4, 0.5) is 5.69 Å². The zero-order chi connectivity index (χ0) is 18.4. The minimum atomic E-state index is -0.696. The smallest absolute Gasteiger partial charge is 0.310 e. The predicted octanol–water partition coefficient (Wildman–Crippen LogP) is 0.149. The van der Waals surface area contributed by atoms with Crippen LogP contribution in [-0.2, 0) is 22.5 Å². The number of anilines is 1.